The second kappa shape index (κ2) is 10.9. The van der Waals surface area contributed by atoms with Gasteiger partial charge in [0.05, 0.1) is 11.0 Å². The number of benzene rings is 1. The molecule has 0 saturated heterocycles. The molecule has 2 aliphatic carbocycles. The maximum absolute atomic E-state index is 12.9. The van der Waals surface area contributed by atoms with E-state index in [2.05, 4.69) is 0 Å². The Morgan fingerprint density at radius 1 is 0.839 bits per heavy atom. The number of carbonyl (C=O) groups excluding carboxylic acids is 2. The van der Waals surface area contributed by atoms with Gasteiger partial charge in [-0.05, 0) is 69.4 Å². The Balaban J connectivity index is 1.49. The van der Waals surface area contributed by atoms with Crippen molar-refractivity contribution >= 4 is 21.4 Å². The molecule has 0 bridgehead atoms. The summed E-state index contributed by atoms with van der Waals surface area (Å²) >= 11 is 0. The SMILES string of the molecule is CC(C)S(=O)(=O)CC1CCC(C(=O)Cc2cccc(CC(=O)C3CCCCC3)c2)CC1. The highest BCUT2D eigenvalue weighted by molar-refractivity contribution is 7.91. The third-order valence-electron chi connectivity index (χ3n) is 7.30. The van der Waals surface area contributed by atoms with Crippen molar-refractivity contribution in [3.05, 3.63) is 35.4 Å². The molecule has 0 radical (unpaired) electrons. The molecule has 0 heterocycles. The Morgan fingerprint density at radius 2 is 1.35 bits per heavy atom. The summed E-state index contributed by atoms with van der Waals surface area (Å²) in [6.07, 6.45) is 9.72. The van der Waals surface area contributed by atoms with Crippen LogP contribution < -0.4 is 0 Å². The van der Waals surface area contributed by atoms with Crippen molar-refractivity contribution < 1.29 is 18.0 Å². The van der Waals surface area contributed by atoms with E-state index in [1.807, 2.05) is 24.3 Å². The van der Waals surface area contributed by atoms with Crippen molar-refractivity contribution in [1.29, 1.82) is 0 Å². The zero-order chi connectivity index (χ0) is 22.4. The molecule has 0 unspecified atom stereocenters. The second-order valence-electron chi connectivity index (χ2n) is 10.0. The fourth-order valence-corrected chi connectivity index (χ4v) is 6.51. The Hall–Kier alpha value is -1.49. The molecule has 0 amide bonds. The van der Waals surface area contributed by atoms with Crippen molar-refractivity contribution in [2.45, 2.75) is 89.7 Å². The maximum Gasteiger partial charge on any atom is 0.152 e. The van der Waals surface area contributed by atoms with Crippen molar-refractivity contribution in [3.8, 4) is 0 Å². The van der Waals surface area contributed by atoms with Gasteiger partial charge in [-0.1, -0.05) is 43.5 Å². The quantitative estimate of drug-likeness (QED) is 0.528. The van der Waals surface area contributed by atoms with E-state index in [9.17, 15) is 18.0 Å². The van der Waals surface area contributed by atoms with Gasteiger partial charge in [0.1, 0.15) is 11.6 Å². The van der Waals surface area contributed by atoms with Gasteiger partial charge < -0.3 is 0 Å². The average molecular weight is 447 g/mol. The lowest BCUT2D eigenvalue weighted by molar-refractivity contribution is -0.123. The number of sulfone groups is 1. The molecule has 31 heavy (non-hydrogen) atoms. The van der Waals surface area contributed by atoms with Gasteiger partial charge in [-0.2, -0.15) is 0 Å². The highest BCUT2D eigenvalue weighted by Crippen LogP contribution is 2.32. The van der Waals surface area contributed by atoms with Crippen molar-refractivity contribution in [2.75, 3.05) is 5.75 Å². The van der Waals surface area contributed by atoms with Crippen LogP contribution in [0.2, 0.25) is 0 Å². The molecule has 5 heteroatoms. The lowest BCUT2D eigenvalue weighted by Gasteiger charge is -2.28. The zero-order valence-electron chi connectivity index (χ0n) is 19.1. The van der Waals surface area contributed by atoms with Crippen LogP contribution in [0.25, 0.3) is 0 Å². The molecule has 4 nitrogen and oxygen atoms in total. The van der Waals surface area contributed by atoms with Gasteiger partial charge in [0, 0.05) is 24.7 Å². The summed E-state index contributed by atoms with van der Waals surface area (Å²) < 4.78 is 24.3. The molecule has 172 valence electrons. The summed E-state index contributed by atoms with van der Waals surface area (Å²) in [6, 6.07) is 7.96. The van der Waals surface area contributed by atoms with Crippen LogP contribution in [0.5, 0.6) is 0 Å². The van der Waals surface area contributed by atoms with E-state index in [4.69, 9.17) is 0 Å². The summed E-state index contributed by atoms with van der Waals surface area (Å²) in [5.74, 6) is 1.28. The first kappa shape index (κ1) is 24.2. The number of carbonyl (C=O) groups is 2. The molecular formula is C26H38O4S. The molecule has 0 spiro atoms. The number of hydrogen-bond acceptors (Lipinski definition) is 4. The summed E-state index contributed by atoms with van der Waals surface area (Å²) in [7, 11) is -3.02. The zero-order valence-corrected chi connectivity index (χ0v) is 20.0. The first-order chi connectivity index (χ1) is 14.7. The monoisotopic (exact) mass is 446 g/mol. The molecule has 2 aliphatic rings. The van der Waals surface area contributed by atoms with Crippen LogP contribution >= 0.6 is 0 Å². The minimum Gasteiger partial charge on any atom is -0.299 e. The van der Waals surface area contributed by atoms with E-state index in [1.54, 1.807) is 13.8 Å². The number of hydrogen-bond donors (Lipinski definition) is 0. The number of ketones is 2. The predicted octanol–water partition coefficient (Wildman–Crippen LogP) is 5.12. The Morgan fingerprint density at radius 3 is 1.87 bits per heavy atom. The molecule has 0 atom stereocenters. The fourth-order valence-electron chi connectivity index (χ4n) is 5.14. The molecule has 0 aromatic heterocycles. The minimum atomic E-state index is -3.02. The summed E-state index contributed by atoms with van der Waals surface area (Å²) in [6.45, 7) is 3.47. The van der Waals surface area contributed by atoms with Crippen LogP contribution in [0.4, 0.5) is 0 Å². The minimum absolute atomic E-state index is 0.0329. The van der Waals surface area contributed by atoms with E-state index >= 15 is 0 Å². The summed E-state index contributed by atoms with van der Waals surface area (Å²) in [5, 5.41) is -0.330. The predicted molar refractivity (Wildman–Crippen MR) is 125 cm³/mol. The topological polar surface area (TPSA) is 68.3 Å². The van der Waals surface area contributed by atoms with Crippen LogP contribution in [0.15, 0.2) is 24.3 Å². The van der Waals surface area contributed by atoms with Gasteiger partial charge >= 0.3 is 0 Å². The highest BCUT2D eigenvalue weighted by atomic mass is 32.2. The Bertz CT molecular complexity index is 857. The molecule has 0 aliphatic heterocycles. The first-order valence-corrected chi connectivity index (χ1v) is 13.8. The smallest absolute Gasteiger partial charge is 0.152 e. The molecule has 0 N–H and O–H groups in total. The summed E-state index contributed by atoms with van der Waals surface area (Å²) in [4.78, 5) is 25.5. The van der Waals surface area contributed by atoms with E-state index in [-0.39, 0.29) is 34.5 Å². The van der Waals surface area contributed by atoms with E-state index in [0.29, 0.717) is 18.6 Å². The molecule has 1 aromatic rings. The molecule has 2 fully saturated rings. The largest absolute Gasteiger partial charge is 0.299 e. The van der Waals surface area contributed by atoms with Gasteiger partial charge in [0.15, 0.2) is 9.84 Å². The third kappa shape index (κ3) is 7.00. The van der Waals surface area contributed by atoms with Crippen LogP contribution in [0.1, 0.15) is 82.8 Å². The lowest BCUT2D eigenvalue weighted by atomic mass is 9.79. The lowest BCUT2D eigenvalue weighted by Crippen LogP contribution is -2.29. The van der Waals surface area contributed by atoms with Crippen molar-refractivity contribution in [1.82, 2.24) is 0 Å². The van der Waals surface area contributed by atoms with Crippen LogP contribution in [0.3, 0.4) is 0 Å². The van der Waals surface area contributed by atoms with E-state index < -0.39 is 9.84 Å². The Kier molecular flexibility index (Phi) is 8.49. The summed E-state index contributed by atoms with van der Waals surface area (Å²) in [5.41, 5.74) is 2.01. The molecule has 2 saturated carbocycles. The van der Waals surface area contributed by atoms with Crippen LogP contribution in [-0.2, 0) is 32.3 Å². The first-order valence-electron chi connectivity index (χ1n) is 12.1. The van der Waals surface area contributed by atoms with Gasteiger partial charge in [-0.3, -0.25) is 9.59 Å². The Labute approximate surface area is 188 Å². The third-order valence-corrected chi connectivity index (χ3v) is 9.67. The van der Waals surface area contributed by atoms with Gasteiger partial charge in [0.2, 0.25) is 0 Å². The molecule has 1 aromatic carbocycles. The average Bonchev–Trinajstić information content (AvgIpc) is 2.74. The van der Waals surface area contributed by atoms with E-state index in [1.165, 1.54) is 6.42 Å². The van der Waals surface area contributed by atoms with E-state index in [0.717, 1.165) is 62.5 Å². The highest BCUT2D eigenvalue weighted by Gasteiger charge is 2.30. The molecular weight excluding hydrogens is 408 g/mol. The maximum atomic E-state index is 12.9. The van der Waals surface area contributed by atoms with Crippen LogP contribution in [0, 0.1) is 17.8 Å². The van der Waals surface area contributed by atoms with Crippen LogP contribution in [-0.4, -0.2) is 31.0 Å². The van der Waals surface area contributed by atoms with Gasteiger partial charge in [0.25, 0.3) is 0 Å². The van der Waals surface area contributed by atoms with Gasteiger partial charge in [-0.25, -0.2) is 8.42 Å². The fraction of sp³-hybridized carbons (Fsp3) is 0.692. The normalized spacial score (nSPS) is 23.1. The van der Waals surface area contributed by atoms with Crippen molar-refractivity contribution in [3.63, 3.8) is 0 Å². The second-order valence-corrected chi connectivity index (χ2v) is 12.6. The number of rotatable bonds is 9. The van der Waals surface area contributed by atoms with Crippen molar-refractivity contribution in [2.24, 2.45) is 17.8 Å². The van der Waals surface area contributed by atoms with Gasteiger partial charge in [-0.15, -0.1) is 0 Å². The molecule has 3 rings (SSSR count). The standard InChI is InChI=1S/C26H38O4S/c1-19(2)31(29,30)18-20-11-13-24(14-12-20)26(28)17-22-8-6-7-21(15-22)16-25(27)23-9-4-3-5-10-23/h6-8,15,19-20,23-24H,3-5,9-14,16-18H2,1-2H3. The number of Topliss-reactive ketones (excluding diaryl/α,β-unsaturated/α-hetero) is 2.